The zero-order chi connectivity index (χ0) is 19.7. The minimum Gasteiger partial charge on any atom is -0.497 e. The van der Waals surface area contributed by atoms with E-state index in [1.807, 2.05) is 11.9 Å². The van der Waals surface area contributed by atoms with Crippen molar-refractivity contribution in [3.63, 3.8) is 0 Å². The molecular formula is C20H24FN5O2. The summed E-state index contributed by atoms with van der Waals surface area (Å²) < 4.78 is 20.2. The van der Waals surface area contributed by atoms with Gasteiger partial charge in [-0.25, -0.2) is 14.4 Å². The van der Waals surface area contributed by atoms with Crippen molar-refractivity contribution in [2.24, 2.45) is 0 Å². The Kier molecular flexibility index (Phi) is 5.13. The van der Waals surface area contributed by atoms with Crippen molar-refractivity contribution in [3.8, 4) is 17.0 Å². The number of nitrogens with zero attached hydrogens (tertiary/aromatic N) is 4. The summed E-state index contributed by atoms with van der Waals surface area (Å²) in [6.07, 6.45) is 3.24. The van der Waals surface area contributed by atoms with Crippen LogP contribution in [0.25, 0.3) is 11.3 Å². The molecule has 1 unspecified atom stereocenters. The van der Waals surface area contributed by atoms with Crippen molar-refractivity contribution in [2.75, 3.05) is 38.7 Å². The van der Waals surface area contributed by atoms with Crippen LogP contribution in [0.5, 0.6) is 5.75 Å². The van der Waals surface area contributed by atoms with Crippen LogP contribution >= 0.6 is 0 Å². The highest BCUT2D eigenvalue weighted by Crippen LogP contribution is 2.31. The molecule has 3 heterocycles. The third kappa shape index (κ3) is 3.40. The molecule has 4 rings (SSSR count). The Hall–Kier alpha value is -2.74. The quantitative estimate of drug-likeness (QED) is 0.845. The summed E-state index contributed by atoms with van der Waals surface area (Å²) in [5, 5.41) is 2.92. The number of halogens is 1. The van der Waals surface area contributed by atoms with Gasteiger partial charge in [0.2, 0.25) is 5.91 Å². The summed E-state index contributed by atoms with van der Waals surface area (Å²) in [7, 11) is 3.56. The number of carbonyl (C=O) groups excluding carboxylic acids is 1. The number of methoxy groups -OCH3 is 1. The molecule has 0 aliphatic carbocycles. The van der Waals surface area contributed by atoms with Crippen molar-refractivity contribution >= 4 is 11.7 Å². The Bertz CT molecular complexity index is 854. The molecule has 7 nitrogen and oxygen atoms in total. The Morgan fingerprint density at radius 2 is 2.00 bits per heavy atom. The molecule has 2 aromatic rings. The van der Waals surface area contributed by atoms with E-state index < -0.39 is 5.82 Å². The number of benzene rings is 1. The first-order valence-electron chi connectivity index (χ1n) is 9.48. The lowest BCUT2D eigenvalue weighted by atomic mass is 10.00. The van der Waals surface area contributed by atoms with Gasteiger partial charge in [-0.3, -0.25) is 9.69 Å². The molecule has 1 aromatic heterocycles. The number of carbonyl (C=O) groups is 1. The van der Waals surface area contributed by atoms with Crippen LogP contribution in [-0.2, 0) is 4.79 Å². The summed E-state index contributed by atoms with van der Waals surface area (Å²) in [5.74, 6) is 0.670. The summed E-state index contributed by atoms with van der Waals surface area (Å²) in [6, 6.07) is 7.21. The largest absolute Gasteiger partial charge is 0.497 e. The summed E-state index contributed by atoms with van der Waals surface area (Å²) in [5.41, 5.74) is 0.950. The number of rotatable bonds is 5. The maximum absolute atomic E-state index is 15.1. The fraction of sp³-hybridized carbons (Fsp3) is 0.450. The number of anilines is 1. The van der Waals surface area contributed by atoms with E-state index in [1.54, 1.807) is 31.4 Å². The van der Waals surface area contributed by atoms with Crippen LogP contribution in [0.3, 0.4) is 0 Å². The molecule has 2 fully saturated rings. The fourth-order valence-corrected chi connectivity index (χ4v) is 3.82. The highest BCUT2D eigenvalue weighted by Gasteiger charge is 2.38. The number of aromatic nitrogens is 2. The Morgan fingerprint density at radius 1 is 1.25 bits per heavy atom. The van der Waals surface area contributed by atoms with E-state index >= 15 is 4.39 Å². The fourth-order valence-electron chi connectivity index (χ4n) is 3.82. The summed E-state index contributed by atoms with van der Waals surface area (Å²) in [4.78, 5) is 24.4. The van der Waals surface area contributed by atoms with E-state index in [1.165, 1.54) is 6.33 Å². The van der Waals surface area contributed by atoms with Crippen LogP contribution in [0, 0.1) is 5.82 Å². The maximum Gasteiger partial charge on any atom is 0.237 e. The Morgan fingerprint density at radius 3 is 2.68 bits per heavy atom. The molecule has 1 N–H and O–H groups in total. The zero-order valence-corrected chi connectivity index (χ0v) is 16.1. The average Bonchev–Trinajstić information content (AvgIpc) is 2.68. The first kappa shape index (κ1) is 18.6. The monoisotopic (exact) mass is 385 g/mol. The third-order valence-electron chi connectivity index (χ3n) is 5.62. The standard InChI is InChI=1S/C20H24FN5O2/c1-25(16-4-3-9-22-20(16)27)14-10-26(11-14)19-17(21)18(23-12-24-19)13-5-7-15(28-2)8-6-13/h5-8,12,14,16H,3-4,9-11H2,1-2H3,(H,22,27). The van der Waals surface area contributed by atoms with Crippen LogP contribution in [0.4, 0.5) is 10.2 Å². The lowest BCUT2D eigenvalue weighted by Gasteiger charge is -2.47. The molecule has 1 atom stereocenters. The van der Waals surface area contributed by atoms with Gasteiger partial charge in [0, 0.05) is 31.2 Å². The molecule has 2 saturated heterocycles. The molecule has 148 valence electrons. The van der Waals surface area contributed by atoms with E-state index in [4.69, 9.17) is 4.74 Å². The van der Waals surface area contributed by atoms with Crippen LogP contribution in [0.2, 0.25) is 0 Å². The highest BCUT2D eigenvalue weighted by molar-refractivity contribution is 5.82. The SMILES string of the molecule is COc1ccc(-c2ncnc(N3CC(N(C)C4CCCNC4=O)C3)c2F)cc1. The van der Waals surface area contributed by atoms with Gasteiger partial charge in [0.1, 0.15) is 17.8 Å². The first-order valence-corrected chi connectivity index (χ1v) is 9.48. The van der Waals surface area contributed by atoms with E-state index in [0.717, 1.165) is 19.4 Å². The molecule has 28 heavy (non-hydrogen) atoms. The second kappa shape index (κ2) is 7.71. The average molecular weight is 385 g/mol. The predicted octanol–water partition coefficient (Wildman–Crippen LogP) is 1.69. The summed E-state index contributed by atoms with van der Waals surface area (Å²) >= 11 is 0. The second-order valence-electron chi connectivity index (χ2n) is 7.26. The van der Waals surface area contributed by atoms with Crippen molar-refractivity contribution in [1.29, 1.82) is 0 Å². The van der Waals surface area contributed by atoms with Gasteiger partial charge in [0.05, 0.1) is 13.2 Å². The zero-order valence-electron chi connectivity index (χ0n) is 16.1. The van der Waals surface area contributed by atoms with Gasteiger partial charge < -0.3 is 15.0 Å². The molecule has 2 aliphatic rings. The predicted molar refractivity (Wildman–Crippen MR) is 104 cm³/mol. The molecule has 0 spiro atoms. The first-order chi connectivity index (χ1) is 13.6. The van der Waals surface area contributed by atoms with Crippen LogP contribution in [0.15, 0.2) is 30.6 Å². The second-order valence-corrected chi connectivity index (χ2v) is 7.26. The van der Waals surface area contributed by atoms with Gasteiger partial charge in [0.15, 0.2) is 11.6 Å². The smallest absolute Gasteiger partial charge is 0.237 e. The lowest BCUT2D eigenvalue weighted by Crippen LogP contribution is -2.64. The minimum absolute atomic E-state index is 0.0854. The van der Waals surface area contributed by atoms with E-state index in [9.17, 15) is 4.79 Å². The van der Waals surface area contributed by atoms with E-state index in [2.05, 4.69) is 20.2 Å². The van der Waals surface area contributed by atoms with Crippen LogP contribution in [0.1, 0.15) is 12.8 Å². The Labute approximate surface area is 163 Å². The van der Waals surface area contributed by atoms with Gasteiger partial charge in [-0.15, -0.1) is 0 Å². The van der Waals surface area contributed by atoms with E-state index in [-0.39, 0.29) is 23.7 Å². The number of nitrogens with one attached hydrogen (secondary N) is 1. The van der Waals surface area contributed by atoms with Crippen molar-refractivity contribution in [2.45, 2.75) is 24.9 Å². The highest BCUT2D eigenvalue weighted by atomic mass is 19.1. The van der Waals surface area contributed by atoms with Crippen molar-refractivity contribution in [1.82, 2.24) is 20.2 Å². The third-order valence-corrected chi connectivity index (χ3v) is 5.62. The summed E-state index contributed by atoms with van der Waals surface area (Å²) in [6.45, 7) is 2.02. The molecule has 0 radical (unpaired) electrons. The molecule has 8 heteroatoms. The molecule has 1 aromatic carbocycles. The number of likely N-dealkylation sites (N-methyl/N-ethyl adjacent to an activating group) is 1. The van der Waals surface area contributed by atoms with E-state index in [0.29, 0.717) is 30.2 Å². The molecule has 1 amide bonds. The van der Waals surface area contributed by atoms with Gasteiger partial charge in [-0.1, -0.05) is 0 Å². The number of ether oxygens (including phenoxy) is 1. The van der Waals surface area contributed by atoms with Crippen molar-refractivity contribution < 1.29 is 13.9 Å². The number of piperidine rings is 1. The van der Waals surface area contributed by atoms with Gasteiger partial charge in [-0.2, -0.15) is 0 Å². The number of amides is 1. The van der Waals surface area contributed by atoms with Gasteiger partial charge >= 0.3 is 0 Å². The van der Waals surface area contributed by atoms with Crippen LogP contribution in [-0.4, -0.2) is 66.7 Å². The molecule has 0 bridgehead atoms. The minimum atomic E-state index is -0.427. The Balaban J connectivity index is 1.46. The lowest BCUT2D eigenvalue weighted by molar-refractivity contribution is -0.128. The topological polar surface area (TPSA) is 70.6 Å². The molecule has 0 saturated carbocycles. The normalized spacial score (nSPS) is 20.1. The van der Waals surface area contributed by atoms with Crippen molar-refractivity contribution in [3.05, 3.63) is 36.4 Å². The van der Waals surface area contributed by atoms with Crippen LogP contribution < -0.4 is 15.0 Å². The molecule has 2 aliphatic heterocycles. The number of hydrogen-bond donors (Lipinski definition) is 1. The van der Waals surface area contributed by atoms with Gasteiger partial charge in [0.25, 0.3) is 0 Å². The number of hydrogen-bond acceptors (Lipinski definition) is 6. The maximum atomic E-state index is 15.1. The van der Waals surface area contributed by atoms with Gasteiger partial charge in [-0.05, 0) is 44.2 Å². The molecular weight excluding hydrogens is 361 g/mol.